The SMILES string of the molecule is CC(C)(C)[Si](OCC1CC1CBr)(c1ccccc1)c1ccccc1. The normalized spacial score (nSPS) is 20.8. The van der Waals surface area contributed by atoms with Gasteiger partial charge in [0.1, 0.15) is 0 Å². The Bertz CT molecular complexity index is 611. The Morgan fingerprint density at radius 1 is 0.917 bits per heavy atom. The van der Waals surface area contributed by atoms with Gasteiger partial charge in [-0.1, -0.05) is 97.4 Å². The molecule has 1 fully saturated rings. The van der Waals surface area contributed by atoms with Crippen molar-refractivity contribution in [1.82, 2.24) is 0 Å². The van der Waals surface area contributed by atoms with Gasteiger partial charge >= 0.3 is 0 Å². The first-order chi connectivity index (χ1) is 11.5. The fourth-order valence-electron chi connectivity index (χ4n) is 3.70. The van der Waals surface area contributed by atoms with Gasteiger partial charge in [0, 0.05) is 11.9 Å². The molecular formula is C21H27BrOSi. The topological polar surface area (TPSA) is 9.23 Å². The summed E-state index contributed by atoms with van der Waals surface area (Å²) in [5, 5.41) is 3.93. The second-order valence-corrected chi connectivity index (χ2v) is 12.8. The number of hydrogen-bond donors (Lipinski definition) is 0. The third-order valence-corrected chi connectivity index (χ3v) is 11.0. The molecule has 0 spiro atoms. The quantitative estimate of drug-likeness (QED) is 0.506. The first-order valence-corrected chi connectivity index (χ1v) is 11.8. The van der Waals surface area contributed by atoms with Crippen molar-refractivity contribution in [3.63, 3.8) is 0 Å². The van der Waals surface area contributed by atoms with Crippen LogP contribution in [0.2, 0.25) is 5.04 Å². The van der Waals surface area contributed by atoms with Crippen LogP contribution >= 0.6 is 15.9 Å². The zero-order valence-corrected chi connectivity index (χ0v) is 17.4. The molecule has 24 heavy (non-hydrogen) atoms. The highest BCUT2D eigenvalue weighted by Gasteiger charge is 2.51. The molecule has 1 aliphatic carbocycles. The van der Waals surface area contributed by atoms with E-state index in [1.807, 2.05) is 0 Å². The standard InChI is InChI=1S/C21H27BrOSi/c1-21(2,3)24(19-10-6-4-7-11-19,20-12-8-5-9-13-20)23-16-18-14-17(18)15-22/h4-13,17-18H,14-16H2,1-3H3. The minimum absolute atomic E-state index is 0.0779. The first-order valence-electron chi connectivity index (χ1n) is 8.80. The van der Waals surface area contributed by atoms with Crippen LogP contribution in [0.1, 0.15) is 27.2 Å². The summed E-state index contributed by atoms with van der Waals surface area (Å²) in [5.41, 5.74) is 0. The monoisotopic (exact) mass is 402 g/mol. The van der Waals surface area contributed by atoms with Gasteiger partial charge in [0.05, 0.1) is 0 Å². The Kier molecular flexibility index (Phi) is 5.33. The molecule has 0 bridgehead atoms. The largest absolute Gasteiger partial charge is 0.407 e. The molecule has 0 saturated heterocycles. The van der Waals surface area contributed by atoms with E-state index in [0.717, 1.165) is 17.9 Å². The van der Waals surface area contributed by atoms with Crippen LogP contribution in [0.25, 0.3) is 0 Å². The molecule has 3 heteroatoms. The highest BCUT2D eigenvalue weighted by Crippen LogP contribution is 2.43. The molecule has 0 heterocycles. The third kappa shape index (κ3) is 3.40. The molecule has 0 N–H and O–H groups in total. The van der Waals surface area contributed by atoms with Crippen LogP contribution in [0.5, 0.6) is 0 Å². The molecule has 0 aromatic heterocycles. The Morgan fingerprint density at radius 3 is 1.79 bits per heavy atom. The molecule has 2 aromatic rings. The number of hydrogen-bond acceptors (Lipinski definition) is 1. The zero-order valence-electron chi connectivity index (χ0n) is 14.8. The lowest BCUT2D eigenvalue weighted by molar-refractivity contribution is 0.276. The van der Waals surface area contributed by atoms with Crippen molar-refractivity contribution in [2.24, 2.45) is 11.8 Å². The van der Waals surface area contributed by atoms with Crippen LogP contribution < -0.4 is 10.4 Å². The zero-order chi connectivity index (χ0) is 17.2. The molecule has 0 radical (unpaired) electrons. The van der Waals surface area contributed by atoms with Crippen molar-refractivity contribution in [3.05, 3.63) is 60.7 Å². The van der Waals surface area contributed by atoms with E-state index in [0.29, 0.717) is 5.92 Å². The highest BCUT2D eigenvalue weighted by molar-refractivity contribution is 9.09. The maximum atomic E-state index is 6.94. The summed E-state index contributed by atoms with van der Waals surface area (Å²) >= 11 is 3.62. The van der Waals surface area contributed by atoms with E-state index in [1.165, 1.54) is 16.8 Å². The van der Waals surface area contributed by atoms with Crippen LogP contribution in [0.4, 0.5) is 0 Å². The van der Waals surface area contributed by atoms with Gasteiger partial charge in [-0.05, 0) is 33.7 Å². The summed E-state index contributed by atoms with van der Waals surface area (Å²) in [7, 11) is -2.33. The lowest BCUT2D eigenvalue weighted by Gasteiger charge is -2.43. The Hall–Kier alpha value is -0.903. The fraction of sp³-hybridized carbons (Fsp3) is 0.429. The minimum atomic E-state index is -2.33. The van der Waals surface area contributed by atoms with E-state index in [1.54, 1.807) is 0 Å². The number of halogens is 1. The van der Waals surface area contributed by atoms with Crippen LogP contribution in [0, 0.1) is 11.8 Å². The van der Waals surface area contributed by atoms with Gasteiger partial charge in [-0.3, -0.25) is 0 Å². The molecule has 0 aliphatic heterocycles. The summed E-state index contributed by atoms with van der Waals surface area (Å²) < 4.78 is 6.94. The van der Waals surface area contributed by atoms with E-state index in [4.69, 9.17) is 4.43 Å². The summed E-state index contributed by atoms with van der Waals surface area (Å²) in [6.45, 7) is 7.90. The van der Waals surface area contributed by atoms with Crippen molar-refractivity contribution in [1.29, 1.82) is 0 Å². The molecule has 2 atom stereocenters. The third-order valence-electron chi connectivity index (χ3n) is 5.20. The molecule has 1 saturated carbocycles. The summed E-state index contributed by atoms with van der Waals surface area (Å²) in [6, 6.07) is 21.8. The number of rotatable bonds is 6. The smallest absolute Gasteiger partial charge is 0.261 e. The van der Waals surface area contributed by atoms with E-state index >= 15 is 0 Å². The fourth-order valence-corrected chi connectivity index (χ4v) is 9.11. The van der Waals surface area contributed by atoms with Crippen molar-refractivity contribution in [2.45, 2.75) is 32.2 Å². The molecule has 0 amide bonds. The summed E-state index contributed by atoms with van der Waals surface area (Å²) in [5.74, 6) is 1.51. The molecular weight excluding hydrogens is 376 g/mol. The second kappa shape index (κ2) is 7.15. The van der Waals surface area contributed by atoms with E-state index in [-0.39, 0.29) is 5.04 Å². The Morgan fingerprint density at radius 2 is 1.42 bits per heavy atom. The average Bonchev–Trinajstić information content (AvgIpc) is 3.35. The van der Waals surface area contributed by atoms with Crippen LogP contribution in [0.15, 0.2) is 60.7 Å². The van der Waals surface area contributed by atoms with E-state index in [9.17, 15) is 0 Å². The maximum Gasteiger partial charge on any atom is 0.261 e. The van der Waals surface area contributed by atoms with Gasteiger partial charge in [0.2, 0.25) is 0 Å². The van der Waals surface area contributed by atoms with Crippen LogP contribution in [0.3, 0.4) is 0 Å². The lowest BCUT2D eigenvalue weighted by atomic mass is 10.2. The predicted octanol–water partition coefficient (Wildman–Crippen LogP) is 4.59. The lowest BCUT2D eigenvalue weighted by Crippen LogP contribution is -2.66. The van der Waals surface area contributed by atoms with Crippen LogP contribution in [-0.4, -0.2) is 20.3 Å². The van der Waals surface area contributed by atoms with Gasteiger partial charge in [-0.25, -0.2) is 0 Å². The maximum absolute atomic E-state index is 6.94. The second-order valence-electron chi connectivity index (χ2n) is 7.88. The molecule has 1 aliphatic rings. The van der Waals surface area contributed by atoms with Gasteiger partial charge in [-0.15, -0.1) is 0 Å². The predicted molar refractivity (Wildman–Crippen MR) is 109 cm³/mol. The van der Waals surface area contributed by atoms with E-state index < -0.39 is 8.32 Å². The van der Waals surface area contributed by atoms with Crippen LogP contribution in [-0.2, 0) is 4.43 Å². The number of alkyl halides is 1. The molecule has 2 unspecified atom stereocenters. The van der Waals surface area contributed by atoms with Gasteiger partial charge in [0.25, 0.3) is 8.32 Å². The first kappa shape index (κ1) is 17.9. The average molecular weight is 403 g/mol. The summed E-state index contributed by atoms with van der Waals surface area (Å²) in [6.07, 6.45) is 1.30. The summed E-state index contributed by atoms with van der Waals surface area (Å²) in [4.78, 5) is 0. The Labute approximate surface area is 155 Å². The van der Waals surface area contributed by atoms with Crippen molar-refractivity contribution >= 4 is 34.6 Å². The molecule has 3 rings (SSSR count). The van der Waals surface area contributed by atoms with Gasteiger partial charge in [0.15, 0.2) is 0 Å². The van der Waals surface area contributed by atoms with E-state index in [2.05, 4.69) is 97.4 Å². The number of benzene rings is 2. The molecule has 2 aromatic carbocycles. The molecule has 128 valence electrons. The minimum Gasteiger partial charge on any atom is -0.407 e. The van der Waals surface area contributed by atoms with Crippen molar-refractivity contribution in [3.8, 4) is 0 Å². The van der Waals surface area contributed by atoms with Gasteiger partial charge in [-0.2, -0.15) is 0 Å². The highest BCUT2D eigenvalue weighted by atomic mass is 79.9. The van der Waals surface area contributed by atoms with Crippen molar-refractivity contribution in [2.75, 3.05) is 11.9 Å². The Balaban J connectivity index is 2.04. The van der Waals surface area contributed by atoms with Gasteiger partial charge < -0.3 is 4.43 Å². The molecule has 1 nitrogen and oxygen atoms in total. The van der Waals surface area contributed by atoms with Crippen molar-refractivity contribution < 1.29 is 4.43 Å².